The van der Waals surface area contributed by atoms with Gasteiger partial charge in [0.25, 0.3) is 0 Å². The summed E-state index contributed by atoms with van der Waals surface area (Å²) in [5, 5.41) is 8.44. The Labute approximate surface area is 95.1 Å². The van der Waals surface area contributed by atoms with Gasteiger partial charge in [-0.3, -0.25) is 14.5 Å². The minimum atomic E-state index is -0.878. The van der Waals surface area contributed by atoms with Crippen molar-refractivity contribution in [1.29, 1.82) is 0 Å². The first kappa shape index (κ1) is 14.9. The fourth-order valence-electron chi connectivity index (χ4n) is 0.990. The summed E-state index contributed by atoms with van der Waals surface area (Å²) in [5.41, 5.74) is 0. The number of hydrogen-bond donors (Lipinski definition) is 1. The van der Waals surface area contributed by atoms with Crippen molar-refractivity contribution in [2.75, 3.05) is 40.0 Å². The second kappa shape index (κ2) is 9.11. The molecule has 0 unspecified atom stereocenters. The van der Waals surface area contributed by atoms with Gasteiger partial charge in [0.15, 0.2) is 0 Å². The second-order valence-corrected chi connectivity index (χ2v) is 3.30. The first-order valence-corrected chi connectivity index (χ1v) is 5.20. The summed E-state index contributed by atoms with van der Waals surface area (Å²) in [5.74, 6) is -1.25. The maximum absolute atomic E-state index is 11.2. The van der Waals surface area contributed by atoms with Gasteiger partial charge >= 0.3 is 11.9 Å². The van der Waals surface area contributed by atoms with E-state index in [0.29, 0.717) is 19.8 Å². The molecule has 0 saturated carbocycles. The molecule has 0 aromatic carbocycles. The molecule has 0 fully saturated rings. The van der Waals surface area contributed by atoms with Crippen molar-refractivity contribution in [3.05, 3.63) is 0 Å². The van der Waals surface area contributed by atoms with Crippen LogP contribution in [-0.2, 0) is 19.1 Å². The molecule has 16 heavy (non-hydrogen) atoms. The van der Waals surface area contributed by atoms with Gasteiger partial charge in [-0.25, -0.2) is 0 Å². The predicted molar refractivity (Wildman–Crippen MR) is 57.2 cm³/mol. The molecular formula is C10H19NO5. The molecule has 0 aromatic heterocycles. The van der Waals surface area contributed by atoms with Crippen LogP contribution in [0.1, 0.15) is 13.3 Å². The van der Waals surface area contributed by atoms with Crippen molar-refractivity contribution in [2.45, 2.75) is 13.3 Å². The number of likely N-dealkylation sites (N-methyl/N-ethyl adjacent to an activating group) is 1. The number of carboxylic acid groups (broad SMARTS) is 1. The lowest BCUT2D eigenvalue weighted by molar-refractivity contribution is -0.147. The topological polar surface area (TPSA) is 76.1 Å². The van der Waals surface area contributed by atoms with Gasteiger partial charge in [-0.05, 0) is 14.0 Å². The van der Waals surface area contributed by atoms with E-state index in [1.165, 1.54) is 0 Å². The predicted octanol–water partition coefficient (Wildman–Crippen LogP) is -0.0274. The van der Waals surface area contributed by atoms with Gasteiger partial charge < -0.3 is 14.6 Å². The molecule has 0 heterocycles. The fourth-order valence-corrected chi connectivity index (χ4v) is 0.990. The van der Waals surface area contributed by atoms with E-state index in [2.05, 4.69) is 0 Å². The van der Waals surface area contributed by atoms with Crippen molar-refractivity contribution < 1.29 is 24.2 Å². The van der Waals surface area contributed by atoms with E-state index in [1.807, 2.05) is 6.92 Å². The molecule has 0 amide bonds. The molecule has 6 heteroatoms. The molecule has 0 aliphatic heterocycles. The van der Waals surface area contributed by atoms with Gasteiger partial charge in [-0.1, -0.05) is 0 Å². The molecule has 0 aromatic rings. The van der Waals surface area contributed by atoms with Gasteiger partial charge in [-0.15, -0.1) is 0 Å². The Morgan fingerprint density at radius 3 is 2.56 bits per heavy atom. The van der Waals surface area contributed by atoms with Crippen molar-refractivity contribution in [3.8, 4) is 0 Å². The van der Waals surface area contributed by atoms with Crippen LogP contribution in [0.2, 0.25) is 0 Å². The number of carbonyl (C=O) groups excluding carboxylic acids is 1. The Hall–Kier alpha value is -1.14. The molecule has 0 radical (unpaired) electrons. The average molecular weight is 233 g/mol. The highest BCUT2D eigenvalue weighted by atomic mass is 16.6. The Morgan fingerprint density at radius 2 is 2.00 bits per heavy atom. The van der Waals surface area contributed by atoms with Crippen LogP contribution in [0.25, 0.3) is 0 Å². The van der Waals surface area contributed by atoms with Crippen LogP contribution in [0.5, 0.6) is 0 Å². The number of hydrogen-bond acceptors (Lipinski definition) is 5. The number of carbonyl (C=O) groups is 2. The van der Waals surface area contributed by atoms with E-state index in [9.17, 15) is 9.59 Å². The third kappa shape index (κ3) is 9.42. The van der Waals surface area contributed by atoms with Gasteiger partial charge in [0.1, 0.15) is 6.61 Å². The van der Waals surface area contributed by atoms with Crippen LogP contribution >= 0.6 is 0 Å². The van der Waals surface area contributed by atoms with Gasteiger partial charge in [0.2, 0.25) is 0 Å². The minimum Gasteiger partial charge on any atom is -0.481 e. The van der Waals surface area contributed by atoms with Crippen LogP contribution in [0, 0.1) is 0 Å². The fraction of sp³-hybridized carbons (Fsp3) is 0.800. The van der Waals surface area contributed by atoms with E-state index >= 15 is 0 Å². The molecule has 94 valence electrons. The van der Waals surface area contributed by atoms with E-state index < -0.39 is 5.97 Å². The molecule has 6 nitrogen and oxygen atoms in total. The third-order valence-corrected chi connectivity index (χ3v) is 1.80. The zero-order valence-electron chi connectivity index (χ0n) is 9.77. The minimum absolute atomic E-state index is 0.0166. The highest BCUT2D eigenvalue weighted by Crippen LogP contribution is 1.90. The van der Waals surface area contributed by atoms with Crippen LogP contribution < -0.4 is 0 Å². The van der Waals surface area contributed by atoms with E-state index in [4.69, 9.17) is 14.6 Å². The summed E-state index contributed by atoms with van der Waals surface area (Å²) in [6.07, 6.45) is 0.0166. The van der Waals surface area contributed by atoms with Crippen molar-refractivity contribution in [3.63, 3.8) is 0 Å². The summed E-state index contributed by atoms with van der Waals surface area (Å²) in [7, 11) is 1.67. The number of carboxylic acids is 1. The van der Waals surface area contributed by atoms with Gasteiger partial charge in [-0.2, -0.15) is 0 Å². The molecule has 0 atom stereocenters. The quantitative estimate of drug-likeness (QED) is 0.445. The SMILES string of the molecule is CCOCCOC(=O)CN(C)CCC(=O)O. The number of aliphatic carboxylic acids is 1. The van der Waals surface area contributed by atoms with Crippen LogP contribution in [-0.4, -0.2) is 61.9 Å². The summed E-state index contributed by atoms with van der Waals surface area (Å²) < 4.78 is 9.87. The molecule has 0 spiro atoms. The zero-order chi connectivity index (χ0) is 12.4. The van der Waals surface area contributed by atoms with Crippen LogP contribution in [0.3, 0.4) is 0 Å². The van der Waals surface area contributed by atoms with Crippen molar-refractivity contribution >= 4 is 11.9 Å². The highest BCUT2D eigenvalue weighted by Gasteiger charge is 2.08. The smallest absolute Gasteiger partial charge is 0.320 e. The van der Waals surface area contributed by atoms with Gasteiger partial charge in [0.05, 0.1) is 19.6 Å². The zero-order valence-corrected chi connectivity index (χ0v) is 9.77. The summed E-state index contributed by atoms with van der Waals surface area (Å²) in [4.78, 5) is 23.1. The van der Waals surface area contributed by atoms with Crippen molar-refractivity contribution in [1.82, 2.24) is 4.90 Å². The molecule has 0 aliphatic carbocycles. The maximum atomic E-state index is 11.2. The normalized spacial score (nSPS) is 10.4. The number of ether oxygens (including phenoxy) is 2. The van der Waals surface area contributed by atoms with Crippen molar-refractivity contribution in [2.24, 2.45) is 0 Å². The Balaban J connectivity index is 3.50. The van der Waals surface area contributed by atoms with Crippen LogP contribution in [0.4, 0.5) is 0 Å². The highest BCUT2D eigenvalue weighted by molar-refractivity contribution is 5.71. The van der Waals surface area contributed by atoms with Crippen LogP contribution in [0.15, 0.2) is 0 Å². The lowest BCUT2D eigenvalue weighted by Gasteiger charge is -2.14. The summed E-state index contributed by atoms with van der Waals surface area (Å²) in [6.45, 7) is 3.51. The molecular weight excluding hydrogens is 214 g/mol. The molecule has 0 saturated heterocycles. The lowest BCUT2D eigenvalue weighted by atomic mass is 10.4. The molecule has 1 N–H and O–H groups in total. The second-order valence-electron chi connectivity index (χ2n) is 3.30. The average Bonchev–Trinajstić information content (AvgIpc) is 2.21. The Bertz CT molecular complexity index is 219. The van der Waals surface area contributed by atoms with Gasteiger partial charge in [0, 0.05) is 13.2 Å². The Morgan fingerprint density at radius 1 is 1.31 bits per heavy atom. The standard InChI is InChI=1S/C10H19NO5/c1-3-15-6-7-16-10(14)8-11(2)5-4-9(12)13/h3-8H2,1-2H3,(H,12,13). The molecule has 0 aliphatic rings. The number of nitrogens with zero attached hydrogens (tertiary/aromatic N) is 1. The van der Waals surface area contributed by atoms with E-state index in [0.717, 1.165) is 0 Å². The third-order valence-electron chi connectivity index (χ3n) is 1.80. The number of rotatable bonds is 9. The summed E-state index contributed by atoms with van der Waals surface area (Å²) in [6, 6.07) is 0. The van der Waals surface area contributed by atoms with E-state index in [-0.39, 0.29) is 25.5 Å². The molecule has 0 bridgehead atoms. The summed E-state index contributed by atoms with van der Waals surface area (Å²) >= 11 is 0. The lowest BCUT2D eigenvalue weighted by Crippen LogP contribution is -2.30. The molecule has 0 rings (SSSR count). The Kier molecular flexibility index (Phi) is 8.46. The number of esters is 1. The first-order chi connectivity index (χ1) is 7.56. The van der Waals surface area contributed by atoms with E-state index in [1.54, 1.807) is 11.9 Å². The monoisotopic (exact) mass is 233 g/mol. The maximum Gasteiger partial charge on any atom is 0.320 e. The first-order valence-electron chi connectivity index (χ1n) is 5.20. The largest absolute Gasteiger partial charge is 0.481 e.